The number of nitrogens with zero attached hydrogens (tertiary/aromatic N) is 3. The van der Waals surface area contributed by atoms with E-state index in [0.717, 1.165) is 27.2 Å². The summed E-state index contributed by atoms with van der Waals surface area (Å²) in [6.07, 6.45) is 2.83. The molecule has 0 aliphatic carbocycles. The van der Waals surface area contributed by atoms with E-state index in [2.05, 4.69) is 32.9 Å². The Morgan fingerprint density at radius 3 is 3.25 bits per heavy atom. The maximum absolute atomic E-state index is 10.4. The van der Waals surface area contributed by atoms with Crippen molar-refractivity contribution in [3.8, 4) is 0 Å². The Kier molecular flexibility index (Phi) is 3.59. The third-order valence-corrected chi connectivity index (χ3v) is 3.84. The van der Waals surface area contributed by atoms with Gasteiger partial charge in [-0.1, -0.05) is 0 Å². The van der Waals surface area contributed by atoms with Crippen molar-refractivity contribution in [2.24, 2.45) is 0 Å². The predicted molar refractivity (Wildman–Crippen MR) is 68.3 cm³/mol. The van der Waals surface area contributed by atoms with Crippen LogP contribution in [0.3, 0.4) is 0 Å². The SMILES string of the molecule is O=[N+]([O-])C=C1NCCN1Cc1cnc(I)s1. The molecule has 1 saturated heterocycles. The van der Waals surface area contributed by atoms with E-state index in [-0.39, 0.29) is 0 Å². The van der Waals surface area contributed by atoms with Gasteiger partial charge >= 0.3 is 0 Å². The molecule has 0 radical (unpaired) electrons. The minimum absolute atomic E-state index is 0.433. The smallest absolute Gasteiger partial charge is 0.274 e. The standard InChI is InChI=1S/C8H9IN4O2S/c9-8-11-3-6(16-8)4-12-2-1-10-7(12)5-13(14)15/h3,5,10H,1-2,4H2. The molecule has 0 aromatic carbocycles. The Morgan fingerprint density at radius 1 is 1.81 bits per heavy atom. The number of nitro groups is 1. The van der Waals surface area contributed by atoms with Crippen molar-refractivity contribution in [2.45, 2.75) is 6.54 Å². The highest BCUT2D eigenvalue weighted by atomic mass is 127. The largest absolute Gasteiger partial charge is 0.365 e. The number of hydrogen-bond acceptors (Lipinski definition) is 6. The van der Waals surface area contributed by atoms with E-state index in [1.165, 1.54) is 0 Å². The van der Waals surface area contributed by atoms with Gasteiger partial charge in [-0.05, 0) is 22.6 Å². The van der Waals surface area contributed by atoms with Gasteiger partial charge in [-0.2, -0.15) is 0 Å². The first kappa shape index (κ1) is 11.6. The maximum Gasteiger partial charge on any atom is 0.274 e. The Hall–Kier alpha value is -0.900. The molecule has 0 saturated carbocycles. The van der Waals surface area contributed by atoms with Crippen molar-refractivity contribution in [2.75, 3.05) is 13.1 Å². The van der Waals surface area contributed by atoms with Crippen LogP contribution in [0.15, 0.2) is 18.2 Å². The minimum atomic E-state index is -0.433. The number of hydrogen-bond donors (Lipinski definition) is 1. The summed E-state index contributed by atoms with van der Waals surface area (Å²) in [5, 5.41) is 13.4. The molecule has 0 atom stereocenters. The Labute approximate surface area is 110 Å². The summed E-state index contributed by atoms with van der Waals surface area (Å²) >= 11 is 3.77. The number of aromatic nitrogens is 1. The van der Waals surface area contributed by atoms with Gasteiger partial charge in [0, 0.05) is 24.2 Å². The first-order chi connectivity index (χ1) is 7.65. The molecule has 0 amide bonds. The number of rotatable bonds is 3. The fourth-order valence-corrected chi connectivity index (χ4v) is 3.12. The van der Waals surface area contributed by atoms with Crippen LogP contribution in [-0.2, 0) is 6.54 Å². The Morgan fingerprint density at radius 2 is 2.62 bits per heavy atom. The van der Waals surface area contributed by atoms with Crippen molar-refractivity contribution in [1.82, 2.24) is 15.2 Å². The van der Waals surface area contributed by atoms with Crippen molar-refractivity contribution in [3.05, 3.63) is 36.2 Å². The van der Waals surface area contributed by atoms with Crippen LogP contribution in [0, 0.1) is 13.1 Å². The monoisotopic (exact) mass is 352 g/mol. The lowest BCUT2D eigenvalue weighted by Gasteiger charge is -2.15. The highest BCUT2D eigenvalue weighted by Gasteiger charge is 2.20. The van der Waals surface area contributed by atoms with Crippen LogP contribution in [0.1, 0.15) is 4.88 Å². The summed E-state index contributed by atoms with van der Waals surface area (Å²) in [6, 6.07) is 0. The van der Waals surface area contributed by atoms with Gasteiger partial charge in [0.25, 0.3) is 6.20 Å². The Bertz CT molecular complexity index is 433. The summed E-state index contributed by atoms with van der Waals surface area (Å²) in [6.45, 7) is 2.21. The van der Waals surface area contributed by atoms with E-state index >= 15 is 0 Å². The van der Waals surface area contributed by atoms with Crippen molar-refractivity contribution >= 4 is 33.9 Å². The van der Waals surface area contributed by atoms with E-state index in [4.69, 9.17) is 0 Å². The average molecular weight is 352 g/mol. The molecule has 8 heteroatoms. The van der Waals surface area contributed by atoms with E-state index in [1.54, 1.807) is 11.3 Å². The number of halogens is 1. The third-order valence-electron chi connectivity index (χ3n) is 2.13. The van der Waals surface area contributed by atoms with Crippen LogP contribution < -0.4 is 5.32 Å². The van der Waals surface area contributed by atoms with E-state index in [0.29, 0.717) is 12.4 Å². The molecule has 1 fully saturated rings. The molecule has 86 valence electrons. The van der Waals surface area contributed by atoms with Gasteiger partial charge in [0.15, 0.2) is 8.84 Å². The molecular formula is C8H9IN4O2S. The average Bonchev–Trinajstić information content (AvgIpc) is 2.77. The van der Waals surface area contributed by atoms with Gasteiger partial charge in [0.2, 0.25) is 0 Å². The summed E-state index contributed by atoms with van der Waals surface area (Å²) in [4.78, 5) is 17.2. The first-order valence-electron chi connectivity index (χ1n) is 4.59. The molecule has 0 unspecified atom stereocenters. The minimum Gasteiger partial charge on any atom is -0.365 e. The highest BCUT2D eigenvalue weighted by Crippen LogP contribution is 2.19. The second-order valence-electron chi connectivity index (χ2n) is 3.23. The summed E-state index contributed by atoms with van der Waals surface area (Å²) in [7, 11) is 0. The first-order valence-corrected chi connectivity index (χ1v) is 6.49. The second kappa shape index (κ2) is 4.95. The molecule has 0 bridgehead atoms. The van der Waals surface area contributed by atoms with Gasteiger partial charge in [-0.25, -0.2) is 4.98 Å². The topological polar surface area (TPSA) is 71.3 Å². The van der Waals surface area contributed by atoms with Crippen molar-refractivity contribution in [3.63, 3.8) is 0 Å². The molecule has 2 rings (SSSR count). The fraction of sp³-hybridized carbons (Fsp3) is 0.375. The van der Waals surface area contributed by atoms with Gasteiger partial charge < -0.3 is 10.2 Å². The lowest BCUT2D eigenvalue weighted by Crippen LogP contribution is -2.20. The second-order valence-corrected chi connectivity index (χ2v) is 6.10. The molecule has 1 aliphatic rings. The summed E-state index contributed by atoms with van der Waals surface area (Å²) < 4.78 is 0.986. The summed E-state index contributed by atoms with van der Waals surface area (Å²) in [5.41, 5.74) is 0. The van der Waals surface area contributed by atoms with E-state index in [9.17, 15) is 10.1 Å². The van der Waals surface area contributed by atoms with Crippen LogP contribution in [0.25, 0.3) is 0 Å². The third kappa shape index (κ3) is 2.82. The maximum atomic E-state index is 10.4. The predicted octanol–water partition coefficient (Wildman–Crippen LogP) is 1.23. The van der Waals surface area contributed by atoms with Crippen LogP contribution >= 0.6 is 33.9 Å². The summed E-state index contributed by atoms with van der Waals surface area (Å²) in [5.74, 6) is 0.577. The van der Waals surface area contributed by atoms with Crippen molar-refractivity contribution < 1.29 is 4.92 Å². The van der Waals surface area contributed by atoms with Gasteiger partial charge in [0.05, 0.1) is 11.5 Å². The fourth-order valence-electron chi connectivity index (χ4n) is 1.49. The zero-order valence-corrected chi connectivity index (χ0v) is 11.2. The normalized spacial score (nSPS) is 17.8. The molecule has 1 N–H and O–H groups in total. The lowest BCUT2D eigenvalue weighted by molar-refractivity contribution is -0.404. The molecule has 0 spiro atoms. The lowest BCUT2D eigenvalue weighted by atomic mass is 10.4. The number of thiazole rings is 1. The zero-order chi connectivity index (χ0) is 11.5. The number of nitrogens with one attached hydrogen (secondary N) is 1. The quantitative estimate of drug-likeness (QED) is 0.503. The molecule has 1 aromatic heterocycles. The van der Waals surface area contributed by atoms with Crippen LogP contribution in [0.2, 0.25) is 0 Å². The van der Waals surface area contributed by atoms with E-state index in [1.807, 2.05) is 11.1 Å². The highest BCUT2D eigenvalue weighted by molar-refractivity contribution is 14.1. The molecular weight excluding hydrogens is 343 g/mol. The zero-order valence-electron chi connectivity index (χ0n) is 8.22. The molecule has 16 heavy (non-hydrogen) atoms. The van der Waals surface area contributed by atoms with Gasteiger partial charge in [-0.15, -0.1) is 11.3 Å². The molecule has 6 nitrogen and oxygen atoms in total. The molecule has 1 aliphatic heterocycles. The van der Waals surface area contributed by atoms with Crippen molar-refractivity contribution in [1.29, 1.82) is 0 Å². The molecule has 1 aromatic rings. The molecule has 2 heterocycles. The van der Waals surface area contributed by atoms with Crippen LogP contribution in [-0.4, -0.2) is 27.9 Å². The van der Waals surface area contributed by atoms with Crippen LogP contribution in [0.4, 0.5) is 0 Å². The Balaban J connectivity index is 2.06. The van der Waals surface area contributed by atoms with Gasteiger partial charge in [0.1, 0.15) is 0 Å². The van der Waals surface area contributed by atoms with E-state index < -0.39 is 4.92 Å². The van der Waals surface area contributed by atoms with Gasteiger partial charge in [-0.3, -0.25) is 10.1 Å². The van der Waals surface area contributed by atoms with Crippen LogP contribution in [0.5, 0.6) is 0 Å².